The summed E-state index contributed by atoms with van der Waals surface area (Å²) in [6, 6.07) is 3.97. The molecule has 0 aliphatic rings. The van der Waals surface area contributed by atoms with E-state index in [1.165, 1.54) is 12.1 Å². The fraction of sp³-hybridized carbons (Fsp3) is 0.455. The van der Waals surface area contributed by atoms with Gasteiger partial charge in [0.1, 0.15) is 0 Å². The SMILES string of the molecule is CCCNCc1ccc(OC(F)F)c(F)c1. The van der Waals surface area contributed by atoms with Gasteiger partial charge in [0.05, 0.1) is 0 Å². The van der Waals surface area contributed by atoms with Crippen molar-refractivity contribution in [2.75, 3.05) is 6.54 Å². The number of hydrogen-bond acceptors (Lipinski definition) is 2. The van der Waals surface area contributed by atoms with Gasteiger partial charge in [-0.15, -0.1) is 0 Å². The highest BCUT2D eigenvalue weighted by molar-refractivity contribution is 5.29. The van der Waals surface area contributed by atoms with Crippen LogP contribution in [0, 0.1) is 5.82 Å². The first-order chi connectivity index (χ1) is 7.63. The minimum atomic E-state index is -3.00. The molecule has 0 fully saturated rings. The molecule has 0 aliphatic heterocycles. The number of hydrogen-bond donors (Lipinski definition) is 1. The highest BCUT2D eigenvalue weighted by Crippen LogP contribution is 2.20. The van der Waals surface area contributed by atoms with Gasteiger partial charge in [-0.25, -0.2) is 4.39 Å². The van der Waals surface area contributed by atoms with Crippen LogP contribution in [0.25, 0.3) is 0 Å². The lowest BCUT2D eigenvalue weighted by molar-refractivity contribution is -0.0522. The van der Waals surface area contributed by atoms with Gasteiger partial charge in [0, 0.05) is 6.54 Å². The molecule has 0 heterocycles. The monoisotopic (exact) mass is 233 g/mol. The highest BCUT2D eigenvalue weighted by Gasteiger charge is 2.09. The van der Waals surface area contributed by atoms with Crippen molar-refractivity contribution >= 4 is 0 Å². The normalized spacial score (nSPS) is 10.8. The molecule has 0 bridgehead atoms. The molecule has 1 rings (SSSR count). The molecule has 0 atom stereocenters. The van der Waals surface area contributed by atoms with Gasteiger partial charge in [0.2, 0.25) is 0 Å². The molecule has 1 N–H and O–H groups in total. The molecule has 90 valence electrons. The molecule has 1 aromatic carbocycles. The average Bonchev–Trinajstić information content (AvgIpc) is 2.22. The quantitative estimate of drug-likeness (QED) is 0.763. The maximum atomic E-state index is 13.2. The number of nitrogens with one attached hydrogen (secondary N) is 1. The largest absolute Gasteiger partial charge is 0.432 e. The lowest BCUT2D eigenvalue weighted by Crippen LogP contribution is -2.14. The fourth-order valence-corrected chi connectivity index (χ4v) is 1.26. The summed E-state index contributed by atoms with van der Waals surface area (Å²) in [4.78, 5) is 0. The van der Waals surface area contributed by atoms with E-state index in [9.17, 15) is 13.2 Å². The van der Waals surface area contributed by atoms with Gasteiger partial charge < -0.3 is 10.1 Å². The number of benzene rings is 1. The van der Waals surface area contributed by atoms with E-state index in [4.69, 9.17) is 0 Å². The van der Waals surface area contributed by atoms with Gasteiger partial charge in [0.15, 0.2) is 11.6 Å². The van der Waals surface area contributed by atoms with Crippen LogP contribution in [0.3, 0.4) is 0 Å². The van der Waals surface area contributed by atoms with Crippen LogP contribution < -0.4 is 10.1 Å². The third-order valence-electron chi connectivity index (χ3n) is 1.97. The van der Waals surface area contributed by atoms with Crippen molar-refractivity contribution in [2.24, 2.45) is 0 Å². The molecule has 0 radical (unpaired) electrons. The molecule has 0 unspecified atom stereocenters. The van der Waals surface area contributed by atoms with E-state index in [1.54, 1.807) is 6.07 Å². The van der Waals surface area contributed by atoms with E-state index in [0.29, 0.717) is 12.1 Å². The topological polar surface area (TPSA) is 21.3 Å². The second-order valence-electron chi connectivity index (χ2n) is 3.32. The van der Waals surface area contributed by atoms with Crippen LogP contribution in [-0.4, -0.2) is 13.2 Å². The molecule has 0 saturated carbocycles. The van der Waals surface area contributed by atoms with Crippen molar-refractivity contribution < 1.29 is 17.9 Å². The molecule has 0 aromatic heterocycles. The third-order valence-corrected chi connectivity index (χ3v) is 1.97. The number of alkyl halides is 2. The maximum Gasteiger partial charge on any atom is 0.387 e. The lowest BCUT2D eigenvalue weighted by atomic mass is 10.2. The molecule has 16 heavy (non-hydrogen) atoms. The Morgan fingerprint density at radius 1 is 1.38 bits per heavy atom. The van der Waals surface area contributed by atoms with E-state index >= 15 is 0 Å². The van der Waals surface area contributed by atoms with E-state index in [-0.39, 0.29) is 0 Å². The molecule has 0 saturated heterocycles. The van der Waals surface area contributed by atoms with Gasteiger partial charge in [0.25, 0.3) is 0 Å². The zero-order chi connectivity index (χ0) is 12.0. The Labute approximate surface area is 92.4 Å². The lowest BCUT2D eigenvalue weighted by Gasteiger charge is -2.08. The summed E-state index contributed by atoms with van der Waals surface area (Å²) in [6.07, 6.45) is 0.981. The molecule has 0 spiro atoms. The second-order valence-corrected chi connectivity index (χ2v) is 3.32. The Bertz CT molecular complexity index is 331. The van der Waals surface area contributed by atoms with Crippen LogP contribution >= 0.6 is 0 Å². The molecule has 2 nitrogen and oxygen atoms in total. The van der Waals surface area contributed by atoms with Crippen LogP contribution in [0.2, 0.25) is 0 Å². The average molecular weight is 233 g/mol. The van der Waals surface area contributed by atoms with E-state index < -0.39 is 18.2 Å². The molecular formula is C11H14F3NO. The molecule has 0 aliphatic carbocycles. The summed E-state index contributed by atoms with van der Waals surface area (Å²) < 4.78 is 40.9. The van der Waals surface area contributed by atoms with Gasteiger partial charge >= 0.3 is 6.61 Å². The van der Waals surface area contributed by atoms with Crippen LogP contribution in [-0.2, 0) is 6.54 Å². The van der Waals surface area contributed by atoms with Crippen molar-refractivity contribution in [1.29, 1.82) is 0 Å². The van der Waals surface area contributed by atoms with Crippen LogP contribution in [0.15, 0.2) is 18.2 Å². The Kier molecular flexibility index (Phi) is 5.11. The summed E-state index contributed by atoms with van der Waals surface area (Å²) in [5, 5.41) is 3.08. The Morgan fingerprint density at radius 3 is 2.69 bits per heavy atom. The molecule has 5 heteroatoms. The summed E-state index contributed by atoms with van der Waals surface area (Å²) >= 11 is 0. The van der Waals surface area contributed by atoms with Gasteiger partial charge in [-0.3, -0.25) is 0 Å². The first-order valence-electron chi connectivity index (χ1n) is 5.07. The van der Waals surface area contributed by atoms with Crippen molar-refractivity contribution in [3.05, 3.63) is 29.6 Å². The Morgan fingerprint density at radius 2 is 2.12 bits per heavy atom. The summed E-state index contributed by atoms with van der Waals surface area (Å²) in [5.41, 5.74) is 0.701. The predicted octanol–water partition coefficient (Wildman–Crippen LogP) is 2.93. The number of ether oxygens (including phenoxy) is 1. The van der Waals surface area contributed by atoms with Crippen molar-refractivity contribution in [2.45, 2.75) is 26.5 Å². The van der Waals surface area contributed by atoms with E-state index in [0.717, 1.165) is 13.0 Å². The zero-order valence-electron chi connectivity index (χ0n) is 8.97. The van der Waals surface area contributed by atoms with Gasteiger partial charge in [-0.05, 0) is 30.7 Å². The molecule has 0 amide bonds. The summed E-state index contributed by atoms with van der Waals surface area (Å²) in [7, 11) is 0. The maximum absolute atomic E-state index is 13.2. The van der Waals surface area contributed by atoms with Crippen LogP contribution in [0.4, 0.5) is 13.2 Å². The van der Waals surface area contributed by atoms with E-state index in [2.05, 4.69) is 10.1 Å². The minimum Gasteiger partial charge on any atom is -0.432 e. The standard InChI is InChI=1S/C11H14F3NO/c1-2-5-15-7-8-3-4-10(9(12)6-8)16-11(13)14/h3-4,6,11,15H,2,5,7H2,1H3. The van der Waals surface area contributed by atoms with Crippen molar-refractivity contribution in [3.8, 4) is 5.75 Å². The second kappa shape index (κ2) is 6.37. The fourth-order valence-electron chi connectivity index (χ4n) is 1.26. The molecule has 1 aromatic rings. The Hall–Kier alpha value is -1.23. The van der Waals surface area contributed by atoms with Crippen LogP contribution in [0.1, 0.15) is 18.9 Å². The summed E-state index contributed by atoms with van der Waals surface area (Å²) in [6.45, 7) is 0.364. The number of rotatable bonds is 6. The minimum absolute atomic E-state index is 0.422. The first kappa shape index (κ1) is 12.8. The zero-order valence-corrected chi connectivity index (χ0v) is 8.97. The smallest absolute Gasteiger partial charge is 0.387 e. The Balaban J connectivity index is 2.60. The first-order valence-corrected chi connectivity index (χ1v) is 5.07. The predicted molar refractivity (Wildman–Crippen MR) is 55.0 cm³/mol. The number of halogens is 3. The van der Waals surface area contributed by atoms with Crippen molar-refractivity contribution in [1.82, 2.24) is 5.32 Å². The van der Waals surface area contributed by atoms with E-state index in [1.807, 2.05) is 6.92 Å². The summed E-state index contributed by atoms with van der Waals surface area (Å²) in [5.74, 6) is -1.19. The third kappa shape index (κ3) is 4.10. The van der Waals surface area contributed by atoms with Gasteiger partial charge in [-0.2, -0.15) is 8.78 Å². The highest BCUT2D eigenvalue weighted by atomic mass is 19.3. The van der Waals surface area contributed by atoms with Crippen LogP contribution in [0.5, 0.6) is 5.75 Å². The molecular weight excluding hydrogens is 219 g/mol. The van der Waals surface area contributed by atoms with Crippen molar-refractivity contribution in [3.63, 3.8) is 0 Å². The van der Waals surface area contributed by atoms with Gasteiger partial charge in [-0.1, -0.05) is 13.0 Å².